The molecule has 0 fully saturated rings. The summed E-state index contributed by atoms with van der Waals surface area (Å²) in [6.45, 7) is 6.53. The highest BCUT2D eigenvalue weighted by Crippen LogP contribution is 2.26. The first kappa shape index (κ1) is 17.2. The minimum atomic E-state index is -4.69. The maximum absolute atomic E-state index is 12.2. The molecule has 0 saturated heterocycles. The lowest BCUT2D eigenvalue weighted by Gasteiger charge is -2.19. The van der Waals surface area contributed by atoms with Crippen LogP contribution in [0.4, 0.5) is 13.2 Å². The zero-order valence-corrected chi connectivity index (χ0v) is 13.3. The van der Waals surface area contributed by atoms with Crippen LogP contribution >= 0.6 is 0 Å². The molecular formula is C18H19F3O2. The molecule has 0 aromatic heterocycles. The molecule has 2 aromatic rings. The molecule has 0 aliphatic heterocycles. The van der Waals surface area contributed by atoms with Gasteiger partial charge in [0.2, 0.25) is 0 Å². The number of halogens is 3. The number of rotatable bonds is 4. The van der Waals surface area contributed by atoms with Gasteiger partial charge in [-0.2, -0.15) is 0 Å². The van der Waals surface area contributed by atoms with Gasteiger partial charge in [0.15, 0.2) is 0 Å². The third-order valence-corrected chi connectivity index (χ3v) is 3.26. The second-order valence-corrected chi connectivity index (χ2v) is 6.26. The van der Waals surface area contributed by atoms with Gasteiger partial charge in [0.25, 0.3) is 0 Å². The number of hydrogen-bond donors (Lipinski definition) is 0. The normalized spacial score (nSPS) is 12.1. The molecule has 23 heavy (non-hydrogen) atoms. The molecule has 0 bridgehead atoms. The summed E-state index contributed by atoms with van der Waals surface area (Å²) < 4.78 is 46.1. The summed E-state index contributed by atoms with van der Waals surface area (Å²) >= 11 is 0. The average Bonchev–Trinajstić information content (AvgIpc) is 2.43. The highest BCUT2D eigenvalue weighted by molar-refractivity contribution is 5.32. The fourth-order valence-corrected chi connectivity index (χ4v) is 2.05. The van der Waals surface area contributed by atoms with Crippen molar-refractivity contribution in [2.75, 3.05) is 0 Å². The molecule has 2 nitrogen and oxygen atoms in total. The first-order chi connectivity index (χ1) is 10.6. The predicted molar refractivity (Wildman–Crippen MR) is 82.6 cm³/mol. The van der Waals surface area contributed by atoms with Crippen LogP contribution in [0.3, 0.4) is 0 Å². The lowest BCUT2D eigenvalue weighted by atomic mass is 9.87. The summed E-state index contributed by atoms with van der Waals surface area (Å²) in [5.74, 6) is 0.418. The van der Waals surface area contributed by atoms with Crippen molar-refractivity contribution in [3.05, 3.63) is 59.7 Å². The molecule has 0 N–H and O–H groups in total. The van der Waals surface area contributed by atoms with Crippen molar-refractivity contribution in [2.24, 2.45) is 0 Å². The van der Waals surface area contributed by atoms with Crippen LogP contribution in [-0.4, -0.2) is 6.36 Å². The highest BCUT2D eigenvalue weighted by atomic mass is 19.4. The van der Waals surface area contributed by atoms with Crippen molar-refractivity contribution < 1.29 is 22.6 Å². The first-order valence-electron chi connectivity index (χ1n) is 7.21. The van der Waals surface area contributed by atoms with Crippen molar-refractivity contribution in [3.8, 4) is 11.5 Å². The molecule has 2 rings (SSSR count). The lowest BCUT2D eigenvalue weighted by Crippen LogP contribution is -2.17. The SMILES string of the molecule is CC(C)(C)c1ccc(OCc2cccc(OC(F)(F)F)c2)cc1. The van der Waals surface area contributed by atoms with E-state index in [1.807, 2.05) is 24.3 Å². The number of alkyl halides is 3. The molecule has 0 radical (unpaired) electrons. The molecule has 5 heteroatoms. The summed E-state index contributed by atoms with van der Waals surface area (Å²) in [6, 6.07) is 13.5. The Morgan fingerprint density at radius 3 is 2.09 bits per heavy atom. The number of ether oxygens (including phenoxy) is 2. The second-order valence-electron chi connectivity index (χ2n) is 6.26. The summed E-state index contributed by atoms with van der Waals surface area (Å²) in [5.41, 5.74) is 1.85. The van der Waals surface area contributed by atoms with E-state index in [0.29, 0.717) is 11.3 Å². The zero-order chi connectivity index (χ0) is 17.1. The maximum atomic E-state index is 12.2. The van der Waals surface area contributed by atoms with E-state index in [9.17, 15) is 13.2 Å². The first-order valence-corrected chi connectivity index (χ1v) is 7.21. The molecule has 0 aliphatic rings. The topological polar surface area (TPSA) is 18.5 Å². The van der Waals surface area contributed by atoms with Crippen LogP contribution in [0.5, 0.6) is 11.5 Å². The molecule has 0 unspecified atom stereocenters. The zero-order valence-electron chi connectivity index (χ0n) is 13.3. The smallest absolute Gasteiger partial charge is 0.489 e. The maximum Gasteiger partial charge on any atom is 0.573 e. The monoisotopic (exact) mass is 324 g/mol. The van der Waals surface area contributed by atoms with E-state index in [4.69, 9.17) is 4.74 Å². The van der Waals surface area contributed by atoms with E-state index < -0.39 is 6.36 Å². The average molecular weight is 324 g/mol. The minimum Gasteiger partial charge on any atom is -0.489 e. The third-order valence-electron chi connectivity index (χ3n) is 3.26. The van der Waals surface area contributed by atoms with Crippen LogP contribution in [0.25, 0.3) is 0 Å². The Hall–Kier alpha value is -2.17. The molecule has 124 valence electrons. The van der Waals surface area contributed by atoms with E-state index in [2.05, 4.69) is 25.5 Å². The van der Waals surface area contributed by atoms with Gasteiger partial charge >= 0.3 is 6.36 Å². The molecule has 0 amide bonds. The quantitative estimate of drug-likeness (QED) is 0.743. The fourth-order valence-electron chi connectivity index (χ4n) is 2.05. The van der Waals surface area contributed by atoms with Crippen molar-refractivity contribution in [3.63, 3.8) is 0 Å². The van der Waals surface area contributed by atoms with Crippen molar-refractivity contribution in [2.45, 2.75) is 39.2 Å². The van der Waals surface area contributed by atoms with Crippen molar-refractivity contribution in [1.29, 1.82) is 0 Å². The van der Waals surface area contributed by atoms with E-state index >= 15 is 0 Å². The van der Waals surface area contributed by atoms with Gasteiger partial charge in [-0.15, -0.1) is 13.2 Å². The van der Waals surface area contributed by atoms with Gasteiger partial charge in [0, 0.05) is 0 Å². The van der Waals surface area contributed by atoms with Crippen LogP contribution in [0.2, 0.25) is 0 Å². The molecule has 2 aromatic carbocycles. The Bertz CT molecular complexity index is 641. The van der Waals surface area contributed by atoms with Gasteiger partial charge in [-0.1, -0.05) is 45.0 Å². The Balaban J connectivity index is 1.99. The third kappa shape index (κ3) is 5.51. The molecule has 0 heterocycles. The summed E-state index contributed by atoms with van der Waals surface area (Å²) in [4.78, 5) is 0. The van der Waals surface area contributed by atoms with E-state index in [1.165, 1.54) is 23.8 Å². The van der Waals surface area contributed by atoms with Gasteiger partial charge in [-0.3, -0.25) is 0 Å². The van der Waals surface area contributed by atoms with Crippen molar-refractivity contribution >= 4 is 0 Å². The summed E-state index contributed by atoms with van der Waals surface area (Å²) in [7, 11) is 0. The highest BCUT2D eigenvalue weighted by Gasteiger charge is 2.31. The van der Waals surface area contributed by atoms with Crippen LogP contribution in [-0.2, 0) is 12.0 Å². The largest absolute Gasteiger partial charge is 0.573 e. The molecule has 0 aliphatic carbocycles. The van der Waals surface area contributed by atoms with E-state index in [-0.39, 0.29) is 17.8 Å². The summed E-state index contributed by atoms with van der Waals surface area (Å²) in [6.07, 6.45) is -4.69. The molecule has 0 saturated carbocycles. The van der Waals surface area contributed by atoms with Crippen LogP contribution in [0, 0.1) is 0 Å². The Labute approximate surface area is 133 Å². The number of benzene rings is 2. The lowest BCUT2D eigenvalue weighted by molar-refractivity contribution is -0.274. The van der Waals surface area contributed by atoms with Crippen LogP contribution in [0.1, 0.15) is 31.9 Å². The molecule has 0 atom stereocenters. The standard InChI is InChI=1S/C18H19F3O2/c1-17(2,3)14-7-9-15(10-8-14)22-12-13-5-4-6-16(11-13)23-18(19,20)21/h4-11H,12H2,1-3H3. The van der Waals surface area contributed by atoms with Gasteiger partial charge < -0.3 is 9.47 Å². The van der Waals surface area contributed by atoms with Crippen LogP contribution < -0.4 is 9.47 Å². The predicted octanol–water partition coefficient (Wildman–Crippen LogP) is 5.46. The Kier molecular flexibility index (Phi) is 4.88. The second kappa shape index (κ2) is 6.52. The molecular weight excluding hydrogens is 305 g/mol. The molecule has 0 spiro atoms. The van der Waals surface area contributed by atoms with E-state index in [1.54, 1.807) is 6.07 Å². The Morgan fingerprint density at radius 2 is 1.52 bits per heavy atom. The number of hydrogen-bond acceptors (Lipinski definition) is 2. The van der Waals surface area contributed by atoms with Crippen molar-refractivity contribution in [1.82, 2.24) is 0 Å². The van der Waals surface area contributed by atoms with Crippen LogP contribution in [0.15, 0.2) is 48.5 Å². The van der Waals surface area contributed by atoms with E-state index in [0.717, 1.165) is 0 Å². The minimum absolute atomic E-state index is 0.0573. The van der Waals surface area contributed by atoms with Gasteiger partial charge in [0.1, 0.15) is 18.1 Å². The summed E-state index contributed by atoms with van der Waals surface area (Å²) in [5, 5.41) is 0. The fraction of sp³-hybridized carbons (Fsp3) is 0.333. The van der Waals surface area contributed by atoms with Gasteiger partial charge in [-0.05, 0) is 40.8 Å². The Morgan fingerprint density at radius 1 is 0.870 bits per heavy atom. The van der Waals surface area contributed by atoms with Gasteiger partial charge in [-0.25, -0.2) is 0 Å². The van der Waals surface area contributed by atoms with Gasteiger partial charge in [0.05, 0.1) is 0 Å².